The van der Waals surface area contributed by atoms with E-state index in [0.717, 1.165) is 0 Å². The van der Waals surface area contributed by atoms with Gasteiger partial charge in [-0.05, 0) is 25.1 Å². The van der Waals surface area contributed by atoms with Crippen LogP contribution in [0.5, 0.6) is 0 Å². The Morgan fingerprint density at radius 2 is 2.32 bits per heavy atom. The number of halogens is 2. The topological polar surface area (TPSA) is 75.6 Å². The monoisotopic (exact) mass is 349 g/mol. The fourth-order valence-electron chi connectivity index (χ4n) is 1.51. The van der Waals surface area contributed by atoms with Crippen molar-refractivity contribution in [3.05, 3.63) is 33.3 Å². The first-order valence-electron chi connectivity index (χ1n) is 5.50. The van der Waals surface area contributed by atoms with Crippen LogP contribution in [-0.4, -0.2) is 30.1 Å². The van der Waals surface area contributed by atoms with Crippen LogP contribution in [0.3, 0.4) is 0 Å². The maximum atomic E-state index is 11.7. The number of hydrogen-bond donors (Lipinski definition) is 2. The van der Waals surface area contributed by atoms with Crippen LogP contribution in [0.25, 0.3) is 0 Å². The summed E-state index contributed by atoms with van der Waals surface area (Å²) in [4.78, 5) is 22.2. The van der Waals surface area contributed by atoms with Gasteiger partial charge in [0.1, 0.15) is 6.10 Å². The molecule has 0 aromatic heterocycles. The summed E-state index contributed by atoms with van der Waals surface area (Å²) < 4.78 is 5.49. The van der Waals surface area contributed by atoms with Crippen LogP contribution in [0.2, 0.25) is 5.02 Å². The van der Waals surface area contributed by atoms with Gasteiger partial charge in [-0.15, -0.1) is 0 Å². The average molecular weight is 351 g/mol. The zero-order chi connectivity index (χ0) is 14.4. The third-order valence-corrected chi connectivity index (χ3v) is 3.22. The second-order valence-corrected chi connectivity index (χ2v) is 4.95. The van der Waals surface area contributed by atoms with Gasteiger partial charge in [0.15, 0.2) is 6.04 Å². The van der Waals surface area contributed by atoms with E-state index in [0.29, 0.717) is 16.4 Å². The number of carbonyl (C=O) groups excluding carboxylic acids is 2. The second kappa shape index (κ2) is 7.47. The van der Waals surface area contributed by atoms with Gasteiger partial charge in [0.2, 0.25) is 6.41 Å². The summed E-state index contributed by atoms with van der Waals surface area (Å²) >= 11 is 9.21. The molecule has 1 aromatic rings. The van der Waals surface area contributed by atoms with Crippen molar-refractivity contribution >= 4 is 39.9 Å². The van der Waals surface area contributed by atoms with E-state index >= 15 is 0 Å². The van der Waals surface area contributed by atoms with Crippen LogP contribution < -0.4 is 5.32 Å². The highest BCUT2D eigenvalue weighted by Crippen LogP contribution is 2.28. The molecule has 0 spiro atoms. The molecular weight excluding hydrogens is 337 g/mol. The highest BCUT2D eigenvalue weighted by molar-refractivity contribution is 9.10. The van der Waals surface area contributed by atoms with Gasteiger partial charge >= 0.3 is 5.97 Å². The number of aliphatic hydroxyl groups is 1. The van der Waals surface area contributed by atoms with E-state index in [1.165, 1.54) is 0 Å². The quantitative estimate of drug-likeness (QED) is 0.606. The molecule has 7 heteroatoms. The molecule has 104 valence electrons. The van der Waals surface area contributed by atoms with E-state index in [1.54, 1.807) is 25.1 Å². The average Bonchev–Trinajstić information content (AvgIpc) is 2.38. The smallest absolute Gasteiger partial charge is 0.331 e. The summed E-state index contributed by atoms with van der Waals surface area (Å²) in [5.74, 6) is -0.724. The lowest BCUT2D eigenvalue weighted by molar-refractivity contribution is -0.149. The zero-order valence-electron chi connectivity index (χ0n) is 10.1. The molecule has 0 aliphatic heterocycles. The highest BCUT2D eigenvalue weighted by Gasteiger charge is 2.30. The summed E-state index contributed by atoms with van der Waals surface area (Å²) in [6, 6.07) is 3.65. The van der Waals surface area contributed by atoms with Crippen molar-refractivity contribution < 1.29 is 19.4 Å². The van der Waals surface area contributed by atoms with Crippen molar-refractivity contribution in [1.29, 1.82) is 0 Å². The molecular formula is C12H13BrClNO4. The van der Waals surface area contributed by atoms with Crippen LogP contribution in [-0.2, 0) is 14.3 Å². The van der Waals surface area contributed by atoms with Gasteiger partial charge in [0.25, 0.3) is 0 Å². The number of ether oxygens (including phenoxy) is 1. The molecule has 2 N–H and O–H groups in total. The predicted octanol–water partition coefficient (Wildman–Crippen LogP) is 1.81. The summed E-state index contributed by atoms with van der Waals surface area (Å²) in [5.41, 5.74) is 0.323. The van der Waals surface area contributed by atoms with Crippen LogP contribution in [0, 0.1) is 0 Å². The molecule has 2 atom stereocenters. The number of hydrogen-bond acceptors (Lipinski definition) is 4. The van der Waals surface area contributed by atoms with Gasteiger partial charge in [0, 0.05) is 15.1 Å². The molecule has 0 radical (unpaired) electrons. The normalized spacial score (nSPS) is 13.5. The minimum Gasteiger partial charge on any atom is -0.464 e. The summed E-state index contributed by atoms with van der Waals surface area (Å²) in [7, 11) is 0. The van der Waals surface area contributed by atoms with Crippen molar-refractivity contribution in [2.24, 2.45) is 0 Å². The number of benzene rings is 1. The number of esters is 1. The van der Waals surface area contributed by atoms with Gasteiger partial charge in [-0.1, -0.05) is 27.5 Å². The fourth-order valence-corrected chi connectivity index (χ4v) is 2.12. The van der Waals surface area contributed by atoms with E-state index in [4.69, 9.17) is 16.3 Å². The second-order valence-electron chi connectivity index (χ2n) is 3.62. The van der Waals surface area contributed by atoms with Crippen LogP contribution in [0.15, 0.2) is 22.7 Å². The summed E-state index contributed by atoms with van der Waals surface area (Å²) in [6.07, 6.45) is -0.967. The van der Waals surface area contributed by atoms with Gasteiger partial charge in [-0.2, -0.15) is 0 Å². The van der Waals surface area contributed by atoms with Crippen molar-refractivity contribution in [3.63, 3.8) is 0 Å². The first-order chi connectivity index (χ1) is 9.01. The van der Waals surface area contributed by atoms with Gasteiger partial charge in [0.05, 0.1) is 6.61 Å². The largest absolute Gasteiger partial charge is 0.464 e. The molecule has 0 aliphatic carbocycles. The lowest BCUT2D eigenvalue weighted by Gasteiger charge is -2.21. The van der Waals surface area contributed by atoms with Gasteiger partial charge in [-0.25, -0.2) is 4.79 Å². The number of carbonyl (C=O) groups is 2. The Morgan fingerprint density at radius 1 is 1.63 bits per heavy atom. The zero-order valence-corrected chi connectivity index (χ0v) is 12.4. The fraction of sp³-hybridized carbons (Fsp3) is 0.333. The minimum atomic E-state index is -1.30. The molecule has 5 nitrogen and oxygen atoms in total. The molecule has 0 saturated carbocycles. The van der Waals surface area contributed by atoms with E-state index in [1.807, 2.05) is 0 Å². The standard InChI is InChI=1S/C12H13BrClNO4/c1-2-19-12(18)10(15-6-16)11(17)8-5-7(13)3-4-9(8)14/h3-6,10-11,17H,2H2,1H3,(H,15,16). The first kappa shape index (κ1) is 15.9. The molecule has 19 heavy (non-hydrogen) atoms. The van der Waals surface area contributed by atoms with Crippen molar-refractivity contribution in [2.45, 2.75) is 19.1 Å². The Kier molecular flexibility index (Phi) is 6.27. The van der Waals surface area contributed by atoms with E-state index in [9.17, 15) is 14.7 Å². The number of rotatable bonds is 6. The summed E-state index contributed by atoms with van der Waals surface area (Å²) in [6.45, 7) is 1.78. The van der Waals surface area contributed by atoms with Gasteiger partial charge in [-0.3, -0.25) is 4.79 Å². The van der Waals surface area contributed by atoms with E-state index in [-0.39, 0.29) is 11.6 Å². The lowest BCUT2D eigenvalue weighted by atomic mass is 10.0. The molecule has 0 heterocycles. The number of aliphatic hydroxyl groups excluding tert-OH is 1. The molecule has 1 amide bonds. The van der Waals surface area contributed by atoms with Crippen molar-refractivity contribution in [2.75, 3.05) is 6.61 Å². The number of nitrogens with one attached hydrogen (secondary N) is 1. The molecule has 2 unspecified atom stereocenters. The molecule has 1 aromatic carbocycles. The Hall–Kier alpha value is -1.11. The van der Waals surface area contributed by atoms with Crippen LogP contribution in [0.4, 0.5) is 0 Å². The Morgan fingerprint density at radius 3 is 2.89 bits per heavy atom. The van der Waals surface area contributed by atoms with Crippen molar-refractivity contribution in [1.82, 2.24) is 5.32 Å². The molecule has 0 aliphatic rings. The molecule has 0 saturated heterocycles. The van der Waals surface area contributed by atoms with Crippen molar-refractivity contribution in [3.8, 4) is 0 Å². The van der Waals surface area contributed by atoms with E-state index in [2.05, 4.69) is 21.2 Å². The highest BCUT2D eigenvalue weighted by atomic mass is 79.9. The SMILES string of the molecule is CCOC(=O)C(NC=O)C(O)c1cc(Br)ccc1Cl. The van der Waals surface area contributed by atoms with Crippen LogP contribution in [0.1, 0.15) is 18.6 Å². The molecule has 0 fully saturated rings. The Bertz CT molecular complexity index is 469. The molecule has 1 rings (SSSR count). The predicted molar refractivity (Wildman–Crippen MR) is 73.7 cm³/mol. The Labute approximate surface area is 124 Å². The minimum absolute atomic E-state index is 0.148. The van der Waals surface area contributed by atoms with E-state index < -0.39 is 18.1 Å². The van der Waals surface area contributed by atoms with Crippen LogP contribution >= 0.6 is 27.5 Å². The maximum Gasteiger partial charge on any atom is 0.331 e. The lowest BCUT2D eigenvalue weighted by Crippen LogP contribution is -2.42. The summed E-state index contributed by atoms with van der Waals surface area (Å²) in [5, 5.41) is 12.7. The third-order valence-electron chi connectivity index (χ3n) is 2.38. The van der Waals surface area contributed by atoms with Gasteiger partial charge < -0.3 is 15.2 Å². The molecule has 0 bridgehead atoms. The third kappa shape index (κ3) is 4.19. The number of amides is 1. The maximum absolute atomic E-state index is 11.7. The Balaban J connectivity index is 3.04. The first-order valence-corrected chi connectivity index (χ1v) is 6.67.